The number of aliphatic hydroxyl groups excluding tert-OH is 1. The third kappa shape index (κ3) is 7.87. The first-order chi connectivity index (χ1) is 10.4. The van der Waals surface area contributed by atoms with Crippen molar-refractivity contribution < 1.29 is 19.5 Å². The van der Waals surface area contributed by atoms with Crippen LogP contribution in [0.1, 0.15) is 6.92 Å². The van der Waals surface area contributed by atoms with Gasteiger partial charge in [0.25, 0.3) is 0 Å². The lowest BCUT2D eigenvalue weighted by Gasteiger charge is -2.22. The highest BCUT2D eigenvalue weighted by Crippen LogP contribution is 2.04. The molecule has 0 aliphatic rings. The van der Waals surface area contributed by atoms with Gasteiger partial charge in [0, 0.05) is 12.3 Å². The summed E-state index contributed by atoms with van der Waals surface area (Å²) < 4.78 is 0. The van der Waals surface area contributed by atoms with Crippen LogP contribution in [0.5, 0.6) is 0 Å². The second-order valence-corrected chi connectivity index (χ2v) is 5.47. The Morgan fingerprint density at radius 2 is 1.86 bits per heavy atom. The highest BCUT2D eigenvalue weighted by molar-refractivity contribution is 7.80. The maximum atomic E-state index is 11.8. The quantitative estimate of drug-likeness (QED) is 0.207. The minimum Gasteiger partial charge on any atom is -0.395 e. The van der Waals surface area contributed by atoms with Crippen molar-refractivity contribution in [3.63, 3.8) is 0 Å². The maximum Gasteiger partial charge on any atom is 0.240 e. The van der Waals surface area contributed by atoms with Crippen LogP contribution in [0.4, 0.5) is 0 Å². The van der Waals surface area contributed by atoms with E-state index >= 15 is 0 Å². The first kappa shape index (κ1) is 21.0. The summed E-state index contributed by atoms with van der Waals surface area (Å²) in [5.74, 6) is -1.10. The molecule has 0 saturated heterocycles. The van der Waals surface area contributed by atoms with E-state index in [2.05, 4.69) is 41.2 Å². The first-order valence-corrected chi connectivity index (χ1v) is 8.06. The van der Waals surface area contributed by atoms with Crippen LogP contribution in [0.15, 0.2) is 0 Å². The monoisotopic (exact) mass is 352 g/mol. The maximum absolute atomic E-state index is 11.8. The molecular weight excluding hydrogens is 328 g/mol. The molecule has 0 aliphatic carbocycles. The van der Waals surface area contributed by atoms with E-state index < -0.39 is 23.9 Å². The Hall–Kier alpha value is -0.970. The fourth-order valence-electron chi connectivity index (χ4n) is 1.58. The lowest BCUT2D eigenvalue weighted by molar-refractivity contribution is -0.128. The van der Waals surface area contributed by atoms with Crippen molar-refractivity contribution in [3.05, 3.63) is 0 Å². The molecule has 0 aliphatic heterocycles. The summed E-state index contributed by atoms with van der Waals surface area (Å²) in [6.45, 7) is 1.53. The first-order valence-electron chi connectivity index (χ1n) is 6.79. The predicted molar refractivity (Wildman–Crippen MR) is 89.9 cm³/mol. The Kier molecular flexibility index (Phi) is 11.1. The number of aliphatic hydroxyl groups is 1. The summed E-state index contributed by atoms with van der Waals surface area (Å²) in [5, 5.41) is 16.4. The van der Waals surface area contributed by atoms with Crippen molar-refractivity contribution >= 4 is 43.0 Å². The summed E-state index contributed by atoms with van der Waals surface area (Å²) >= 11 is 8.10. The van der Waals surface area contributed by atoms with Crippen molar-refractivity contribution in [1.82, 2.24) is 16.0 Å². The average molecular weight is 352 g/mol. The van der Waals surface area contributed by atoms with E-state index in [4.69, 9.17) is 10.8 Å². The molecule has 3 amide bonds. The van der Waals surface area contributed by atoms with E-state index in [0.717, 1.165) is 0 Å². The summed E-state index contributed by atoms with van der Waals surface area (Å²) in [6, 6.07) is -1.50. The van der Waals surface area contributed by atoms with Crippen LogP contribution in [0.25, 0.3) is 0 Å². The summed E-state index contributed by atoms with van der Waals surface area (Å²) in [4.78, 5) is 34.8. The SMILES string of the molecule is CC(CS)C(NC(=O)CNC(CS)C(=O)NCCO)C(N)=O. The number of nitrogens with two attached hydrogens (primary N) is 1. The predicted octanol–water partition coefficient (Wildman–Crippen LogP) is -2.48. The normalized spacial score (nSPS) is 14.7. The fourth-order valence-corrected chi connectivity index (χ4v) is 2.09. The molecule has 0 rings (SSSR count). The van der Waals surface area contributed by atoms with E-state index in [-0.39, 0.29) is 37.3 Å². The van der Waals surface area contributed by atoms with Crippen molar-refractivity contribution in [1.29, 1.82) is 0 Å². The molecule has 0 saturated carbocycles. The van der Waals surface area contributed by atoms with Crippen LogP contribution < -0.4 is 21.7 Å². The molecule has 0 aromatic rings. The Bertz CT molecular complexity index is 384. The summed E-state index contributed by atoms with van der Waals surface area (Å²) in [7, 11) is 0. The average Bonchev–Trinajstić information content (AvgIpc) is 2.49. The molecule has 3 unspecified atom stereocenters. The van der Waals surface area contributed by atoms with Crippen LogP contribution in [0.3, 0.4) is 0 Å². The molecule has 0 radical (unpaired) electrons. The molecule has 0 spiro atoms. The second-order valence-electron chi connectivity index (χ2n) is 4.74. The van der Waals surface area contributed by atoms with Gasteiger partial charge in [-0.2, -0.15) is 25.3 Å². The number of hydrogen-bond acceptors (Lipinski definition) is 7. The molecule has 128 valence electrons. The van der Waals surface area contributed by atoms with E-state index in [9.17, 15) is 14.4 Å². The Labute approximate surface area is 140 Å². The molecule has 0 aromatic heterocycles. The van der Waals surface area contributed by atoms with Gasteiger partial charge in [-0.3, -0.25) is 19.7 Å². The van der Waals surface area contributed by atoms with Gasteiger partial charge >= 0.3 is 0 Å². The van der Waals surface area contributed by atoms with Gasteiger partial charge in [0.05, 0.1) is 19.2 Å². The van der Waals surface area contributed by atoms with E-state index in [1.54, 1.807) is 6.92 Å². The smallest absolute Gasteiger partial charge is 0.240 e. The number of thiol groups is 2. The largest absolute Gasteiger partial charge is 0.395 e. The molecule has 6 N–H and O–H groups in total. The highest BCUT2D eigenvalue weighted by Gasteiger charge is 2.24. The number of primary amides is 1. The number of amides is 3. The van der Waals surface area contributed by atoms with Crippen LogP contribution in [0, 0.1) is 5.92 Å². The Morgan fingerprint density at radius 1 is 1.23 bits per heavy atom. The van der Waals surface area contributed by atoms with Gasteiger partial charge < -0.3 is 21.5 Å². The minimum absolute atomic E-state index is 0.125. The van der Waals surface area contributed by atoms with Crippen molar-refractivity contribution in [2.75, 3.05) is 31.2 Å². The lowest BCUT2D eigenvalue weighted by Crippen LogP contribution is -2.53. The molecule has 22 heavy (non-hydrogen) atoms. The Balaban J connectivity index is 4.40. The van der Waals surface area contributed by atoms with Gasteiger partial charge in [-0.15, -0.1) is 0 Å². The Morgan fingerprint density at radius 3 is 2.32 bits per heavy atom. The van der Waals surface area contributed by atoms with Gasteiger partial charge in [-0.25, -0.2) is 0 Å². The number of rotatable bonds is 11. The number of hydrogen-bond donors (Lipinski definition) is 7. The van der Waals surface area contributed by atoms with E-state index in [0.29, 0.717) is 5.75 Å². The summed E-state index contributed by atoms with van der Waals surface area (Å²) in [6.07, 6.45) is 0. The third-order valence-electron chi connectivity index (χ3n) is 2.90. The molecule has 8 nitrogen and oxygen atoms in total. The van der Waals surface area contributed by atoms with Crippen molar-refractivity contribution in [2.24, 2.45) is 11.7 Å². The number of carbonyl (C=O) groups is 3. The standard InChI is InChI=1S/C12H24N4O4S2/c1-7(5-21)10(11(13)19)16-9(18)4-15-8(6-22)12(20)14-2-3-17/h7-8,10,15,17,21-22H,2-6H2,1H3,(H2,13,19)(H,14,20)(H,16,18). The third-order valence-corrected chi connectivity index (χ3v) is 3.84. The molecule has 10 heteroatoms. The summed E-state index contributed by atoms with van der Waals surface area (Å²) in [5.41, 5.74) is 5.24. The van der Waals surface area contributed by atoms with Crippen LogP contribution >= 0.6 is 25.3 Å². The van der Waals surface area contributed by atoms with E-state index in [1.165, 1.54) is 0 Å². The number of carbonyl (C=O) groups excluding carboxylic acids is 3. The molecule has 3 atom stereocenters. The molecular formula is C12H24N4O4S2. The van der Waals surface area contributed by atoms with Gasteiger partial charge in [0.2, 0.25) is 17.7 Å². The lowest BCUT2D eigenvalue weighted by atomic mass is 10.0. The zero-order valence-electron chi connectivity index (χ0n) is 12.4. The molecule has 0 bridgehead atoms. The van der Waals surface area contributed by atoms with Crippen molar-refractivity contribution in [3.8, 4) is 0 Å². The van der Waals surface area contributed by atoms with Crippen LogP contribution in [-0.4, -0.2) is 66.1 Å². The zero-order valence-corrected chi connectivity index (χ0v) is 14.2. The molecule has 0 fully saturated rings. The van der Waals surface area contributed by atoms with E-state index in [1.807, 2.05) is 0 Å². The molecule has 0 aromatic carbocycles. The fraction of sp³-hybridized carbons (Fsp3) is 0.750. The minimum atomic E-state index is -0.815. The number of nitrogens with one attached hydrogen (secondary N) is 3. The van der Waals surface area contributed by atoms with Gasteiger partial charge in [-0.1, -0.05) is 6.92 Å². The second kappa shape index (κ2) is 11.6. The van der Waals surface area contributed by atoms with Gasteiger partial charge in [-0.05, 0) is 11.7 Å². The van der Waals surface area contributed by atoms with Crippen LogP contribution in [-0.2, 0) is 14.4 Å². The zero-order chi connectivity index (χ0) is 17.1. The molecule has 0 heterocycles. The van der Waals surface area contributed by atoms with Crippen LogP contribution in [0.2, 0.25) is 0 Å². The topological polar surface area (TPSA) is 134 Å². The van der Waals surface area contributed by atoms with Gasteiger partial charge in [0.1, 0.15) is 6.04 Å². The van der Waals surface area contributed by atoms with Crippen molar-refractivity contribution in [2.45, 2.75) is 19.0 Å². The van der Waals surface area contributed by atoms with Gasteiger partial charge in [0.15, 0.2) is 0 Å². The highest BCUT2D eigenvalue weighted by atomic mass is 32.1.